The van der Waals surface area contributed by atoms with Crippen molar-refractivity contribution in [3.63, 3.8) is 0 Å². The molecule has 2 heterocycles. The minimum Gasteiger partial charge on any atom is -0.496 e. The smallest absolute Gasteiger partial charge is 0.144 e. The van der Waals surface area contributed by atoms with E-state index in [-0.39, 0.29) is 0 Å². The Morgan fingerprint density at radius 3 is 2.75 bits per heavy atom. The standard InChI is InChI=1S/C22H25N3O2S/c1-16-7-8-20(26-2)17(13-16)15-28-22-18-5-3-4-6-19(18)23-21(24-22)14-25-9-11-27-12-10-25/h3-8,13H,9-12,14-15H2,1-2H3. The molecule has 1 aliphatic heterocycles. The summed E-state index contributed by atoms with van der Waals surface area (Å²) in [5.41, 5.74) is 3.42. The molecule has 1 saturated heterocycles. The summed E-state index contributed by atoms with van der Waals surface area (Å²) in [5, 5.41) is 2.13. The second-order valence-electron chi connectivity index (χ2n) is 6.95. The van der Waals surface area contributed by atoms with E-state index >= 15 is 0 Å². The van der Waals surface area contributed by atoms with Gasteiger partial charge in [0.2, 0.25) is 0 Å². The van der Waals surface area contributed by atoms with Gasteiger partial charge in [-0.25, -0.2) is 9.97 Å². The lowest BCUT2D eigenvalue weighted by atomic mass is 10.1. The molecule has 5 nitrogen and oxygen atoms in total. The Kier molecular flexibility index (Phi) is 6.10. The molecule has 2 aromatic carbocycles. The first-order valence-corrected chi connectivity index (χ1v) is 10.5. The summed E-state index contributed by atoms with van der Waals surface area (Å²) in [6.45, 7) is 6.28. The number of hydrogen-bond acceptors (Lipinski definition) is 6. The number of methoxy groups -OCH3 is 1. The number of ether oxygens (including phenoxy) is 2. The van der Waals surface area contributed by atoms with Gasteiger partial charge in [-0.1, -0.05) is 35.9 Å². The number of benzene rings is 2. The molecule has 0 N–H and O–H groups in total. The van der Waals surface area contributed by atoms with Crippen LogP contribution in [0.2, 0.25) is 0 Å². The van der Waals surface area contributed by atoms with Crippen molar-refractivity contribution in [3.8, 4) is 5.75 Å². The average Bonchev–Trinajstić information content (AvgIpc) is 2.73. The van der Waals surface area contributed by atoms with Crippen LogP contribution >= 0.6 is 11.8 Å². The van der Waals surface area contributed by atoms with Crippen molar-refractivity contribution in [2.75, 3.05) is 33.4 Å². The van der Waals surface area contributed by atoms with Gasteiger partial charge in [0.1, 0.15) is 16.6 Å². The third-order valence-corrected chi connectivity index (χ3v) is 5.92. The second-order valence-corrected chi connectivity index (χ2v) is 7.92. The summed E-state index contributed by atoms with van der Waals surface area (Å²) < 4.78 is 11.0. The van der Waals surface area contributed by atoms with Gasteiger partial charge in [0.15, 0.2) is 0 Å². The van der Waals surface area contributed by atoms with Gasteiger partial charge >= 0.3 is 0 Å². The van der Waals surface area contributed by atoms with E-state index in [1.807, 2.05) is 18.2 Å². The summed E-state index contributed by atoms with van der Waals surface area (Å²) >= 11 is 1.74. The highest BCUT2D eigenvalue weighted by Gasteiger charge is 2.15. The van der Waals surface area contributed by atoms with Crippen LogP contribution < -0.4 is 4.74 Å². The summed E-state index contributed by atoms with van der Waals surface area (Å²) in [4.78, 5) is 12.1. The van der Waals surface area contributed by atoms with Crippen molar-refractivity contribution in [2.24, 2.45) is 0 Å². The predicted molar refractivity (Wildman–Crippen MR) is 113 cm³/mol. The summed E-state index contributed by atoms with van der Waals surface area (Å²) in [5.74, 6) is 2.60. The maximum Gasteiger partial charge on any atom is 0.144 e. The molecule has 1 aromatic heterocycles. The fraction of sp³-hybridized carbons (Fsp3) is 0.364. The molecule has 0 bridgehead atoms. The molecule has 0 amide bonds. The fourth-order valence-corrected chi connectivity index (χ4v) is 4.42. The van der Waals surface area contributed by atoms with Crippen LogP contribution in [0.5, 0.6) is 5.75 Å². The summed E-state index contributed by atoms with van der Waals surface area (Å²) in [6, 6.07) is 14.5. The van der Waals surface area contributed by atoms with E-state index < -0.39 is 0 Å². The van der Waals surface area contributed by atoms with Gasteiger partial charge in [0.05, 0.1) is 32.4 Å². The first kappa shape index (κ1) is 19.2. The molecule has 1 aliphatic rings. The Morgan fingerprint density at radius 2 is 1.93 bits per heavy atom. The maximum absolute atomic E-state index is 5.54. The second kappa shape index (κ2) is 8.90. The van der Waals surface area contributed by atoms with Crippen LogP contribution in [0.4, 0.5) is 0 Å². The van der Waals surface area contributed by atoms with Gasteiger partial charge in [0, 0.05) is 29.8 Å². The molecule has 28 heavy (non-hydrogen) atoms. The molecule has 0 unspecified atom stereocenters. The number of hydrogen-bond donors (Lipinski definition) is 0. The van der Waals surface area contributed by atoms with E-state index in [0.29, 0.717) is 0 Å². The lowest BCUT2D eigenvalue weighted by molar-refractivity contribution is 0.0330. The van der Waals surface area contributed by atoms with Crippen molar-refractivity contribution in [2.45, 2.75) is 24.2 Å². The minimum absolute atomic E-state index is 0.759. The Hall–Kier alpha value is -2.15. The van der Waals surface area contributed by atoms with Crippen molar-refractivity contribution in [1.82, 2.24) is 14.9 Å². The number of rotatable bonds is 6. The zero-order chi connectivity index (χ0) is 19.3. The molecule has 4 rings (SSSR count). The van der Waals surface area contributed by atoms with Crippen molar-refractivity contribution >= 4 is 22.7 Å². The summed E-state index contributed by atoms with van der Waals surface area (Å²) in [7, 11) is 1.72. The van der Waals surface area contributed by atoms with E-state index in [4.69, 9.17) is 19.4 Å². The fourth-order valence-electron chi connectivity index (χ4n) is 3.40. The zero-order valence-corrected chi connectivity index (χ0v) is 17.2. The van der Waals surface area contributed by atoms with Gasteiger partial charge in [0.25, 0.3) is 0 Å². The Labute approximate surface area is 170 Å². The molecular weight excluding hydrogens is 370 g/mol. The van der Waals surface area contributed by atoms with Crippen LogP contribution in [0.1, 0.15) is 17.0 Å². The van der Waals surface area contributed by atoms with E-state index in [9.17, 15) is 0 Å². The zero-order valence-electron chi connectivity index (χ0n) is 16.4. The Morgan fingerprint density at radius 1 is 1.11 bits per heavy atom. The lowest BCUT2D eigenvalue weighted by Gasteiger charge is -2.25. The summed E-state index contributed by atoms with van der Waals surface area (Å²) in [6.07, 6.45) is 0. The Balaban J connectivity index is 1.61. The molecule has 0 aliphatic carbocycles. The molecule has 0 saturated carbocycles. The highest BCUT2D eigenvalue weighted by atomic mass is 32.2. The van der Waals surface area contributed by atoms with Gasteiger partial charge in [-0.05, 0) is 19.1 Å². The SMILES string of the molecule is COc1ccc(C)cc1CSc1nc(CN2CCOCC2)nc2ccccc12. The number of morpholine rings is 1. The Bertz CT molecular complexity index is 958. The van der Waals surface area contributed by atoms with Crippen LogP contribution in [0, 0.1) is 6.92 Å². The molecule has 0 atom stereocenters. The quantitative estimate of drug-likeness (QED) is 0.463. The monoisotopic (exact) mass is 395 g/mol. The molecular formula is C22H25N3O2S. The van der Waals surface area contributed by atoms with Gasteiger partial charge < -0.3 is 9.47 Å². The van der Waals surface area contributed by atoms with Gasteiger partial charge in [-0.15, -0.1) is 11.8 Å². The van der Waals surface area contributed by atoms with Gasteiger partial charge in [-0.2, -0.15) is 0 Å². The number of nitrogens with zero attached hydrogens (tertiary/aromatic N) is 3. The largest absolute Gasteiger partial charge is 0.496 e. The third kappa shape index (κ3) is 4.46. The lowest BCUT2D eigenvalue weighted by Crippen LogP contribution is -2.36. The number of fused-ring (bicyclic) bond motifs is 1. The molecule has 146 valence electrons. The average molecular weight is 396 g/mol. The number of thioether (sulfide) groups is 1. The van der Waals surface area contributed by atoms with Crippen molar-refractivity contribution in [3.05, 3.63) is 59.4 Å². The molecule has 0 radical (unpaired) electrons. The highest BCUT2D eigenvalue weighted by Crippen LogP contribution is 2.31. The van der Waals surface area contributed by atoms with Crippen molar-refractivity contribution in [1.29, 1.82) is 0 Å². The van der Waals surface area contributed by atoms with Crippen LogP contribution in [0.15, 0.2) is 47.5 Å². The van der Waals surface area contributed by atoms with Crippen LogP contribution in [0.25, 0.3) is 10.9 Å². The number of aromatic nitrogens is 2. The van der Waals surface area contributed by atoms with E-state index in [0.717, 1.165) is 66.1 Å². The topological polar surface area (TPSA) is 47.5 Å². The molecule has 3 aromatic rings. The van der Waals surface area contributed by atoms with Gasteiger partial charge in [-0.3, -0.25) is 4.90 Å². The number of aryl methyl sites for hydroxylation is 1. The van der Waals surface area contributed by atoms with Crippen LogP contribution in [-0.4, -0.2) is 48.3 Å². The minimum atomic E-state index is 0.759. The van der Waals surface area contributed by atoms with E-state index in [1.54, 1.807) is 18.9 Å². The normalized spacial score (nSPS) is 15.1. The highest BCUT2D eigenvalue weighted by molar-refractivity contribution is 7.98. The van der Waals surface area contributed by atoms with Crippen molar-refractivity contribution < 1.29 is 9.47 Å². The predicted octanol–water partition coefficient (Wildman–Crippen LogP) is 4.07. The first-order valence-electron chi connectivity index (χ1n) is 9.55. The van der Waals surface area contributed by atoms with E-state index in [2.05, 4.69) is 36.1 Å². The first-order chi connectivity index (χ1) is 13.7. The molecule has 0 spiro atoms. The molecule has 6 heteroatoms. The van der Waals surface area contributed by atoms with E-state index in [1.165, 1.54) is 11.1 Å². The maximum atomic E-state index is 5.54. The number of para-hydroxylation sites is 1. The molecule has 1 fully saturated rings. The van der Waals surface area contributed by atoms with Crippen LogP contribution in [0.3, 0.4) is 0 Å². The van der Waals surface area contributed by atoms with Crippen LogP contribution in [-0.2, 0) is 17.0 Å². The third-order valence-electron chi connectivity index (χ3n) is 4.88.